The zero-order valence-electron chi connectivity index (χ0n) is 12.3. The second-order valence-electron chi connectivity index (χ2n) is 4.94. The Labute approximate surface area is 133 Å². The summed E-state index contributed by atoms with van der Waals surface area (Å²) in [7, 11) is -3.51. The smallest absolute Gasteiger partial charge is 0.252 e. The highest BCUT2D eigenvalue weighted by molar-refractivity contribution is 7.90. The van der Waals surface area contributed by atoms with Crippen LogP contribution in [0.25, 0.3) is 0 Å². The van der Waals surface area contributed by atoms with Crippen LogP contribution in [0.3, 0.4) is 0 Å². The van der Waals surface area contributed by atoms with Crippen LogP contribution in [0.2, 0.25) is 0 Å². The lowest BCUT2D eigenvalue weighted by Crippen LogP contribution is -2.25. The van der Waals surface area contributed by atoms with Crippen molar-refractivity contribution in [2.24, 2.45) is 0 Å². The molecule has 6 nitrogen and oxygen atoms in total. The van der Waals surface area contributed by atoms with Crippen LogP contribution in [0, 0.1) is 0 Å². The van der Waals surface area contributed by atoms with Crippen molar-refractivity contribution < 1.29 is 23.1 Å². The predicted octanol–water partition coefficient (Wildman–Crippen LogP) is 0.384. The van der Waals surface area contributed by atoms with Gasteiger partial charge in [0.25, 0.3) is 5.91 Å². The minimum absolute atomic E-state index is 0.0372. The summed E-state index contributed by atoms with van der Waals surface area (Å²) in [5.41, 5.74) is 0.795. The van der Waals surface area contributed by atoms with Crippen LogP contribution >= 0.6 is 0 Å². The maximum atomic E-state index is 12.2. The minimum atomic E-state index is -3.51. The SMILES string of the molecule is CS(=O)(=O)c1ccccc1C(=O)NCc1ccc(C(=O)[O-])cc1. The van der Waals surface area contributed by atoms with E-state index in [0.29, 0.717) is 5.56 Å². The van der Waals surface area contributed by atoms with E-state index in [-0.39, 0.29) is 22.6 Å². The van der Waals surface area contributed by atoms with E-state index in [1.807, 2.05) is 0 Å². The van der Waals surface area contributed by atoms with E-state index in [2.05, 4.69) is 5.32 Å². The molecule has 0 atom stereocenters. The maximum absolute atomic E-state index is 12.2. The molecule has 1 N–H and O–H groups in total. The molecule has 2 rings (SSSR count). The first-order chi connectivity index (χ1) is 10.8. The Bertz CT molecular complexity index is 841. The average Bonchev–Trinajstić information content (AvgIpc) is 2.52. The van der Waals surface area contributed by atoms with Gasteiger partial charge in [-0.1, -0.05) is 36.4 Å². The quantitative estimate of drug-likeness (QED) is 0.853. The fraction of sp³-hybridized carbons (Fsp3) is 0.125. The number of nitrogens with one attached hydrogen (secondary N) is 1. The van der Waals surface area contributed by atoms with E-state index < -0.39 is 21.7 Å². The van der Waals surface area contributed by atoms with Crippen LogP contribution in [-0.2, 0) is 16.4 Å². The molecule has 0 saturated carbocycles. The van der Waals surface area contributed by atoms with Gasteiger partial charge < -0.3 is 15.2 Å². The van der Waals surface area contributed by atoms with Crippen LogP contribution in [0.5, 0.6) is 0 Å². The predicted molar refractivity (Wildman–Crippen MR) is 81.5 cm³/mol. The molecule has 23 heavy (non-hydrogen) atoms. The number of aromatic carboxylic acids is 1. The molecule has 0 aliphatic carbocycles. The highest BCUT2D eigenvalue weighted by Gasteiger charge is 2.17. The maximum Gasteiger partial charge on any atom is 0.252 e. The minimum Gasteiger partial charge on any atom is -0.545 e. The van der Waals surface area contributed by atoms with Gasteiger partial charge in [-0.25, -0.2) is 8.42 Å². The monoisotopic (exact) mass is 332 g/mol. The second kappa shape index (κ2) is 6.62. The number of carboxylic acids is 1. The molecule has 0 fully saturated rings. The Balaban J connectivity index is 2.13. The molecule has 0 aliphatic heterocycles. The summed E-state index contributed by atoms with van der Waals surface area (Å²) < 4.78 is 23.4. The van der Waals surface area contributed by atoms with Gasteiger partial charge >= 0.3 is 0 Å². The molecule has 0 aromatic heterocycles. The highest BCUT2D eigenvalue weighted by Crippen LogP contribution is 2.15. The number of carbonyl (C=O) groups excluding carboxylic acids is 2. The Kier molecular flexibility index (Phi) is 4.80. The summed E-state index contributed by atoms with van der Waals surface area (Å²) in [5.74, 6) is -1.79. The van der Waals surface area contributed by atoms with Gasteiger partial charge in [-0.3, -0.25) is 4.79 Å². The third-order valence-electron chi connectivity index (χ3n) is 3.17. The van der Waals surface area contributed by atoms with Gasteiger partial charge in [-0.2, -0.15) is 0 Å². The zero-order chi connectivity index (χ0) is 17.0. The fourth-order valence-corrected chi connectivity index (χ4v) is 2.90. The summed E-state index contributed by atoms with van der Waals surface area (Å²) in [5, 5.41) is 13.3. The largest absolute Gasteiger partial charge is 0.545 e. The summed E-state index contributed by atoms with van der Waals surface area (Å²) in [6.45, 7) is 0.143. The van der Waals surface area contributed by atoms with Crippen molar-refractivity contribution in [3.63, 3.8) is 0 Å². The lowest BCUT2D eigenvalue weighted by molar-refractivity contribution is -0.255. The summed E-state index contributed by atoms with van der Waals surface area (Å²) in [4.78, 5) is 22.8. The van der Waals surface area contributed by atoms with E-state index in [9.17, 15) is 23.1 Å². The molecule has 0 spiro atoms. The normalized spacial score (nSPS) is 11.0. The van der Waals surface area contributed by atoms with E-state index in [4.69, 9.17) is 0 Å². The van der Waals surface area contributed by atoms with E-state index in [1.54, 1.807) is 24.3 Å². The van der Waals surface area contributed by atoms with Gasteiger partial charge in [0.05, 0.1) is 16.4 Å². The zero-order valence-corrected chi connectivity index (χ0v) is 13.1. The number of hydrogen-bond donors (Lipinski definition) is 1. The first kappa shape index (κ1) is 16.7. The number of carboxylic acid groups (broad SMARTS) is 1. The molecule has 0 aliphatic rings. The molecule has 1 amide bonds. The molecule has 0 saturated heterocycles. The number of hydrogen-bond acceptors (Lipinski definition) is 5. The fourth-order valence-electron chi connectivity index (χ4n) is 2.01. The number of amides is 1. The van der Waals surface area contributed by atoms with Crippen molar-refractivity contribution in [3.05, 3.63) is 65.2 Å². The molecule has 7 heteroatoms. The van der Waals surface area contributed by atoms with Gasteiger partial charge in [0.1, 0.15) is 0 Å². The van der Waals surface area contributed by atoms with E-state index in [1.165, 1.54) is 24.3 Å². The van der Waals surface area contributed by atoms with Crippen LogP contribution in [0.15, 0.2) is 53.4 Å². The van der Waals surface area contributed by atoms with Gasteiger partial charge in [0.2, 0.25) is 0 Å². The van der Waals surface area contributed by atoms with Crippen LogP contribution in [0.1, 0.15) is 26.3 Å². The van der Waals surface area contributed by atoms with Crippen molar-refractivity contribution in [2.75, 3.05) is 6.26 Å². The third kappa shape index (κ3) is 4.17. The summed E-state index contributed by atoms with van der Waals surface area (Å²) in [6, 6.07) is 11.8. The third-order valence-corrected chi connectivity index (χ3v) is 4.33. The van der Waals surface area contributed by atoms with Gasteiger partial charge in [0.15, 0.2) is 9.84 Å². The molecular weight excluding hydrogens is 318 g/mol. The topological polar surface area (TPSA) is 103 Å². The first-order valence-electron chi connectivity index (χ1n) is 6.66. The summed E-state index contributed by atoms with van der Waals surface area (Å²) >= 11 is 0. The van der Waals surface area contributed by atoms with Crippen LogP contribution in [0.4, 0.5) is 0 Å². The van der Waals surface area contributed by atoms with E-state index >= 15 is 0 Å². The number of sulfone groups is 1. The molecule has 2 aromatic rings. The van der Waals surface area contributed by atoms with Gasteiger partial charge in [-0.05, 0) is 23.3 Å². The molecule has 0 radical (unpaired) electrons. The molecular formula is C16H14NO5S-. The first-order valence-corrected chi connectivity index (χ1v) is 8.56. The van der Waals surface area contributed by atoms with Crippen molar-refractivity contribution in [1.29, 1.82) is 0 Å². The standard InChI is InChI=1S/C16H15NO5S/c1-23(21,22)14-5-3-2-4-13(14)15(18)17-10-11-6-8-12(9-7-11)16(19)20/h2-9H,10H2,1H3,(H,17,18)(H,19,20)/p-1. The van der Waals surface area contributed by atoms with Crippen LogP contribution in [-0.4, -0.2) is 26.6 Å². The Morgan fingerprint density at radius 2 is 1.65 bits per heavy atom. The lowest BCUT2D eigenvalue weighted by atomic mass is 10.1. The molecule has 120 valence electrons. The molecule has 2 aromatic carbocycles. The molecule has 0 unspecified atom stereocenters. The average molecular weight is 332 g/mol. The Morgan fingerprint density at radius 1 is 1.04 bits per heavy atom. The van der Waals surface area contributed by atoms with Crippen molar-refractivity contribution in [1.82, 2.24) is 5.32 Å². The van der Waals surface area contributed by atoms with Gasteiger partial charge in [0, 0.05) is 12.8 Å². The summed E-state index contributed by atoms with van der Waals surface area (Å²) in [6.07, 6.45) is 1.04. The number of rotatable bonds is 5. The number of benzene rings is 2. The molecule has 0 heterocycles. The highest BCUT2D eigenvalue weighted by atomic mass is 32.2. The second-order valence-corrected chi connectivity index (χ2v) is 6.92. The van der Waals surface area contributed by atoms with Gasteiger partial charge in [-0.15, -0.1) is 0 Å². The lowest BCUT2D eigenvalue weighted by Gasteiger charge is -2.09. The molecule has 0 bridgehead atoms. The van der Waals surface area contributed by atoms with E-state index in [0.717, 1.165) is 6.26 Å². The van der Waals surface area contributed by atoms with Crippen molar-refractivity contribution >= 4 is 21.7 Å². The van der Waals surface area contributed by atoms with Crippen LogP contribution < -0.4 is 10.4 Å². The number of carbonyl (C=O) groups is 2. The Hall–Kier alpha value is -2.67. The Morgan fingerprint density at radius 3 is 2.22 bits per heavy atom. The van der Waals surface area contributed by atoms with Crippen molar-refractivity contribution in [3.8, 4) is 0 Å². The van der Waals surface area contributed by atoms with Crippen molar-refractivity contribution in [2.45, 2.75) is 11.4 Å².